The van der Waals surface area contributed by atoms with E-state index in [2.05, 4.69) is 26.1 Å². The summed E-state index contributed by atoms with van der Waals surface area (Å²) in [6.45, 7) is 7.28. The van der Waals surface area contributed by atoms with Crippen LogP contribution in [0.25, 0.3) is 0 Å². The van der Waals surface area contributed by atoms with E-state index >= 15 is 0 Å². The maximum absolute atomic E-state index is 12.0. The van der Waals surface area contributed by atoms with Crippen LogP contribution in [0.4, 0.5) is 5.69 Å². The van der Waals surface area contributed by atoms with E-state index in [1.54, 1.807) is 36.0 Å². The Labute approximate surface area is 160 Å². The molecule has 0 bridgehead atoms. The van der Waals surface area contributed by atoms with E-state index in [-0.39, 0.29) is 17.2 Å². The number of thioether (sulfide) groups is 1. The highest BCUT2D eigenvalue weighted by atomic mass is 35.5. The number of nitrogens with one attached hydrogen (secondary N) is 1. The molecule has 0 saturated heterocycles. The molecule has 1 rings (SSSR count). The fourth-order valence-corrected chi connectivity index (χ4v) is 4.02. The largest absolute Gasteiger partial charge is 0.355 e. The molecule has 0 aromatic heterocycles. The number of carbonyl (C=O) groups excluding carboxylic acids is 1. The molecule has 0 spiro atoms. The van der Waals surface area contributed by atoms with E-state index in [1.165, 1.54) is 4.31 Å². The van der Waals surface area contributed by atoms with Gasteiger partial charge in [0, 0.05) is 35.0 Å². The monoisotopic (exact) mass is 406 g/mol. The summed E-state index contributed by atoms with van der Waals surface area (Å²) >= 11 is 7.64. The zero-order valence-electron chi connectivity index (χ0n) is 15.2. The molecular formula is C17H27ClN2O3S2. The predicted molar refractivity (Wildman–Crippen MR) is 108 cm³/mol. The quantitative estimate of drug-likeness (QED) is 0.637. The second-order valence-corrected chi connectivity index (χ2v) is 11.0. The molecule has 0 fully saturated rings. The van der Waals surface area contributed by atoms with Gasteiger partial charge in [0.25, 0.3) is 0 Å². The average Bonchev–Trinajstić information content (AvgIpc) is 2.47. The minimum absolute atomic E-state index is 0.0564. The van der Waals surface area contributed by atoms with E-state index in [0.717, 1.165) is 12.0 Å². The number of hydrogen-bond acceptors (Lipinski definition) is 4. The van der Waals surface area contributed by atoms with Gasteiger partial charge in [-0.25, -0.2) is 8.42 Å². The molecule has 1 aromatic carbocycles. The van der Waals surface area contributed by atoms with E-state index in [9.17, 15) is 13.2 Å². The summed E-state index contributed by atoms with van der Waals surface area (Å²) in [5.41, 5.74) is 0.550. The maximum atomic E-state index is 12.0. The number of sulfonamides is 1. The summed E-state index contributed by atoms with van der Waals surface area (Å²) in [4.78, 5) is 11.9. The Bertz CT molecular complexity index is 655. The highest BCUT2D eigenvalue weighted by Crippen LogP contribution is 2.22. The first-order chi connectivity index (χ1) is 11.5. The first kappa shape index (κ1) is 22.1. The Balaban J connectivity index is 2.45. The molecule has 5 nitrogen and oxygen atoms in total. The summed E-state index contributed by atoms with van der Waals surface area (Å²) in [7, 11) is -3.41. The summed E-state index contributed by atoms with van der Waals surface area (Å²) < 4.78 is 25.5. The Morgan fingerprint density at radius 2 is 1.84 bits per heavy atom. The van der Waals surface area contributed by atoms with Crippen molar-refractivity contribution in [1.29, 1.82) is 0 Å². The summed E-state index contributed by atoms with van der Waals surface area (Å²) in [5.74, 6) is 0.800. The minimum atomic E-state index is -3.41. The standard InChI is InChI=1S/C17H27ClN2O3S2/c1-17(2,3)24-13-11-19-16(21)6-5-12-20(25(4,22)23)15-9-7-14(18)8-10-15/h7-10H,5-6,11-13H2,1-4H3,(H,19,21). The van der Waals surface area contributed by atoms with E-state index in [4.69, 9.17) is 11.6 Å². The van der Waals surface area contributed by atoms with Crippen molar-refractivity contribution < 1.29 is 13.2 Å². The predicted octanol–water partition coefficient (Wildman–Crippen LogP) is 3.53. The van der Waals surface area contributed by atoms with Gasteiger partial charge in [0.15, 0.2) is 0 Å². The molecule has 1 N–H and O–H groups in total. The highest BCUT2D eigenvalue weighted by Gasteiger charge is 2.17. The van der Waals surface area contributed by atoms with Crippen molar-refractivity contribution in [2.45, 2.75) is 38.4 Å². The van der Waals surface area contributed by atoms with Gasteiger partial charge < -0.3 is 5.32 Å². The van der Waals surface area contributed by atoms with Gasteiger partial charge in [-0.1, -0.05) is 32.4 Å². The van der Waals surface area contributed by atoms with Crippen molar-refractivity contribution in [3.05, 3.63) is 29.3 Å². The van der Waals surface area contributed by atoms with Gasteiger partial charge in [0.05, 0.1) is 11.9 Å². The number of hydrogen-bond donors (Lipinski definition) is 1. The fraction of sp³-hybridized carbons (Fsp3) is 0.588. The third-order valence-electron chi connectivity index (χ3n) is 3.24. The van der Waals surface area contributed by atoms with Crippen molar-refractivity contribution in [3.63, 3.8) is 0 Å². The van der Waals surface area contributed by atoms with Crippen LogP contribution in [-0.4, -0.2) is 44.2 Å². The van der Waals surface area contributed by atoms with Gasteiger partial charge in [-0.15, -0.1) is 0 Å². The lowest BCUT2D eigenvalue weighted by atomic mass is 10.2. The van der Waals surface area contributed by atoms with Crippen LogP contribution in [0, 0.1) is 0 Å². The number of amides is 1. The first-order valence-corrected chi connectivity index (χ1v) is 11.3. The van der Waals surface area contributed by atoms with Gasteiger partial charge in [0.2, 0.25) is 15.9 Å². The van der Waals surface area contributed by atoms with Gasteiger partial charge >= 0.3 is 0 Å². The van der Waals surface area contributed by atoms with Crippen LogP contribution < -0.4 is 9.62 Å². The Morgan fingerprint density at radius 1 is 1.24 bits per heavy atom. The van der Waals surface area contributed by atoms with Crippen molar-refractivity contribution in [3.8, 4) is 0 Å². The molecule has 0 radical (unpaired) electrons. The van der Waals surface area contributed by atoms with Crippen molar-refractivity contribution >= 4 is 45.0 Å². The number of nitrogens with zero attached hydrogens (tertiary/aromatic N) is 1. The molecule has 0 unspecified atom stereocenters. The first-order valence-electron chi connectivity index (χ1n) is 8.13. The lowest BCUT2D eigenvalue weighted by Crippen LogP contribution is -2.32. The highest BCUT2D eigenvalue weighted by molar-refractivity contribution is 8.00. The molecule has 142 valence electrons. The molecule has 1 aromatic rings. The molecular weight excluding hydrogens is 380 g/mol. The molecule has 1 amide bonds. The lowest BCUT2D eigenvalue weighted by Gasteiger charge is -2.22. The second-order valence-electron chi connectivity index (χ2n) is 6.73. The summed E-state index contributed by atoms with van der Waals surface area (Å²) in [5, 5.41) is 3.42. The fourth-order valence-electron chi connectivity index (χ4n) is 2.11. The van der Waals surface area contributed by atoms with Crippen LogP contribution in [-0.2, 0) is 14.8 Å². The number of benzene rings is 1. The summed E-state index contributed by atoms with van der Waals surface area (Å²) in [6.07, 6.45) is 1.90. The van der Waals surface area contributed by atoms with Crippen molar-refractivity contribution in [1.82, 2.24) is 5.32 Å². The Morgan fingerprint density at radius 3 is 2.36 bits per heavy atom. The van der Waals surface area contributed by atoms with E-state index in [0.29, 0.717) is 30.1 Å². The third kappa shape index (κ3) is 9.37. The molecule has 25 heavy (non-hydrogen) atoms. The van der Waals surface area contributed by atoms with Crippen molar-refractivity contribution in [2.24, 2.45) is 0 Å². The molecule has 0 saturated carbocycles. The SMILES string of the molecule is CC(C)(C)SCCNC(=O)CCCN(c1ccc(Cl)cc1)S(C)(=O)=O. The van der Waals surface area contributed by atoms with Crippen molar-refractivity contribution in [2.75, 3.05) is 29.4 Å². The molecule has 0 aliphatic rings. The van der Waals surface area contributed by atoms with Crippen LogP contribution >= 0.6 is 23.4 Å². The van der Waals surface area contributed by atoms with E-state index in [1.807, 2.05) is 0 Å². The number of rotatable bonds is 9. The normalized spacial score (nSPS) is 12.0. The number of anilines is 1. The Hall–Kier alpha value is -0.920. The summed E-state index contributed by atoms with van der Waals surface area (Å²) in [6, 6.07) is 6.61. The maximum Gasteiger partial charge on any atom is 0.232 e. The lowest BCUT2D eigenvalue weighted by molar-refractivity contribution is -0.121. The second kappa shape index (κ2) is 9.69. The molecule has 0 aliphatic heterocycles. The smallest absolute Gasteiger partial charge is 0.232 e. The van der Waals surface area contributed by atoms with Crippen LogP contribution in [0.3, 0.4) is 0 Å². The number of carbonyl (C=O) groups is 1. The van der Waals surface area contributed by atoms with Crippen LogP contribution in [0.1, 0.15) is 33.6 Å². The van der Waals surface area contributed by atoms with Crippen LogP contribution in [0.15, 0.2) is 24.3 Å². The molecule has 8 heteroatoms. The van der Waals surface area contributed by atoms with Crippen LogP contribution in [0.2, 0.25) is 5.02 Å². The number of halogens is 1. The van der Waals surface area contributed by atoms with Crippen LogP contribution in [0.5, 0.6) is 0 Å². The zero-order chi connectivity index (χ0) is 19.1. The molecule has 0 aliphatic carbocycles. The van der Waals surface area contributed by atoms with Gasteiger partial charge in [0.1, 0.15) is 0 Å². The third-order valence-corrected chi connectivity index (χ3v) is 5.96. The Kier molecular flexibility index (Phi) is 8.57. The van der Waals surface area contributed by atoms with Gasteiger partial charge in [-0.05, 0) is 30.7 Å². The molecule has 0 heterocycles. The van der Waals surface area contributed by atoms with Gasteiger partial charge in [-0.2, -0.15) is 11.8 Å². The average molecular weight is 407 g/mol. The minimum Gasteiger partial charge on any atom is -0.355 e. The topological polar surface area (TPSA) is 66.5 Å². The zero-order valence-corrected chi connectivity index (χ0v) is 17.6. The molecule has 0 atom stereocenters. The van der Waals surface area contributed by atoms with Gasteiger partial charge in [-0.3, -0.25) is 9.10 Å². The van der Waals surface area contributed by atoms with E-state index < -0.39 is 10.0 Å².